The minimum absolute atomic E-state index is 0.112. The Balaban J connectivity index is 1.86. The number of aryl methyl sites for hydroxylation is 1. The summed E-state index contributed by atoms with van der Waals surface area (Å²) in [6, 6.07) is 11.5. The number of nitrogens with one attached hydrogen (secondary N) is 2. The van der Waals surface area contributed by atoms with Crippen molar-refractivity contribution in [3.63, 3.8) is 0 Å². The van der Waals surface area contributed by atoms with Crippen LogP contribution in [0.5, 0.6) is 11.5 Å². The molecule has 134 valence electrons. The van der Waals surface area contributed by atoms with E-state index in [1.165, 1.54) is 25.3 Å². The van der Waals surface area contributed by atoms with Gasteiger partial charge in [0.05, 0.1) is 24.9 Å². The van der Waals surface area contributed by atoms with Crippen molar-refractivity contribution >= 4 is 23.2 Å². The topological polar surface area (TPSA) is 59.6 Å². The van der Waals surface area contributed by atoms with Crippen LogP contribution in [0.1, 0.15) is 17.5 Å². The quantitative estimate of drug-likeness (QED) is 0.701. The van der Waals surface area contributed by atoms with Crippen LogP contribution in [0.25, 0.3) is 0 Å². The molecule has 25 heavy (non-hydrogen) atoms. The molecule has 0 radical (unpaired) electrons. The Morgan fingerprint density at radius 1 is 1.12 bits per heavy atom. The van der Waals surface area contributed by atoms with E-state index in [-0.39, 0.29) is 5.91 Å². The molecule has 5 nitrogen and oxygen atoms in total. The molecule has 0 aliphatic carbocycles. The summed E-state index contributed by atoms with van der Waals surface area (Å²) in [5.74, 6) is 0.863. The molecule has 2 aromatic carbocycles. The zero-order chi connectivity index (χ0) is 18.2. The number of benzene rings is 2. The maximum Gasteiger partial charge on any atom is 0.225 e. The van der Waals surface area contributed by atoms with E-state index in [0.29, 0.717) is 35.2 Å². The number of carbonyl (C=O) groups excluding carboxylic acids is 1. The van der Waals surface area contributed by atoms with Crippen LogP contribution in [0.2, 0.25) is 5.02 Å². The minimum Gasteiger partial charge on any atom is -0.495 e. The standard InChI is InChI=1S/C19H23ClN2O3/c1-13-5-4-6-14(9-13)12-21-8-7-19(23)22-16-11-17(24-2)15(20)10-18(16)25-3/h4-6,9-11,21H,7-8,12H2,1-3H3,(H,22,23). The molecule has 2 N–H and O–H groups in total. The highest BCUT2D eigenvalue weighted by molar-refractivity contribution is 6.32. The zero-order valence-corrected chi connectivity index (χ0v) is 15.4. The number of anilines is 1. The summed E-state index contributed by atoms with van der Waals surface area (Å²) >= 11 is 6.06. The number of halogens is 1. The summed E-state index contributed by atoms with van der Waals surface area (Å²) in [7, 11) is 3.05. The second-order valence-corrected chi connectivity index (χ2v) is 6.06. The molecule has 0 bridgehead atoms. The van der Waals surface area contributed by atoms with E-state index in [0.717, 1.165) is 6.54 Å². The van der Waals surface area contributed by atoms with Crippen LogP contribution in [0.4, 0.5) is 5.69 Å². The first kappa shape index (κ1) is 19.1. The van der Waals surface area contributed by atoms with Gasteiger partial charge in [0.1, 0.15) is 11.5 Å². The average Bonchev–Trinajstić information content (AvgIpc) is 2.60. The van der Waals surface area contributed by atoms with Crippen molar-refractivity contribution in [2.75, 3.05) is 26.1 Å². The van der Waals surface area contributed by atoms with Gasteiger partial charge < -0.3 is 20.1 Å². The van der Waals surface area contributed by atoms with Crippen LogP contribution >= 0.6 is 11.6 Å². The van der Waals surface area contributed by atoms with Crippen molar-refractivity contribution in [3.05, 3.63) is 52.5 Å². The summed E-state index contributed by atoms with van der Waals surface area (Å²) in [4.78, 5) is 12.2. The van der Waals surface area contributed by atoms with E-state index in [1.807, 2.05) is 6.07 Å². The predicted molar refractivity (Wildman–Crippen MR) is 101 cm³/mol. The van der Waals surface area contributed by atoms with Gasteiger partial charge in [0.2, 0.25) is 5.91 Å². The fourth-order valence-corrected chi connectivity index (χ4v) is 2.66. The van der Waals surface area contributed by atoms with Crippen molar-refractivity contribution in [2.45, 2.75) is 19.9 Å². The van der Waals surface area contributed by atoms with Crippen molar-refractivity contribution in [1.29, 1.82) is 0 Å². The lowest BCUT2D eigenvalue weighted by atomic mass is 10.1. The summed E-state index contributed by atoms with van der Waals surface area (Å²) in [6.45, 7) is 3.37. The Hall–Kier alpha value is -2.24. The zero-order valence-electron chi connectivity index (χ0n) is 14.7. The number of methoxy groups -OCH3 is 2. The lowest BCUT2D eigenvalue weighted by molar-refractivity contribution is -0.116. The molecule has 0 spiro atoms. The summed E-state index contributed by atoms with van der Waals surface area (Å²) in [5.41, 5.74) is 2.96. The lowest BCUT2D eigenvalue weighted by Gasteiger charge is -2.13. The Morgan fingerprint density at radius 2 is 1.88 bits per heavy atom. The predicted octanol–water partition coefficient (Wildman–Crippen LogP) is 3.78. The van der Waals surface area contributed by atoms with Gasteiger partial charge in [-0.25, -0.2) is 0 Å². The van der Waals surface area contributed by atoms with Gasteiger partial charge in [0, 0.05) is 31.6 Å². The van der Waals surface area contributed by atoms with E-state index in [9.17, 15) is 4.79 Å². The Bertz CT molecular complexity index is 735. The van der Waals surface area contributed by atoms with E-state index in [4.69, 9.17) is 21.1 Å². The van der Waals surface area contributed by atoms with Gasteiger partial charge in [-0.2, -0.15) is 0 Å². The second kappa shape index (κ2) is 9.30. The van der Waals surface area contributed by atoms with Crippen LogP contribution in [-0.2, 0) is 11.3 Å². The third kappa shape index (κ3) is 5.66. The number of carbonyl (C=O) groups is 1. The fourth-order valence-electron chi connectivity index (χ4n) is 2.43. The van der Waals surface area contributed by atoms with Gasteiger partial charge in [-0.1, -0.05) is 41.4 Å². The molecule has 6 heteroatoms. The van der Waals surface area contributed by atoms with Gasteiger partial charge in [0.25, 0.3) is 0 Å². The number of rotatable bonds is 8. The normalized spacial score (nSPS) is 10.4. The maximum atomic E-state index is 12.2. The second-order valence-electron chi connectivity index (χ2n) is 5.65. The monoisotopic (exact) mass is 362 g/mol. The summed E-state index contributed by atoms with van der Waals surface area (Å²) in [5, 5.41) is 6.52. The SMILES string of the molecule is COc1cc(NC(=O)CCNCc2cccc(C)c2)c(OC)cc1Cl. The number of amides is 1. The molecule has 0 aromatic heterocycles. The van der Waals surface area contributed by atoms with Crippen molar-refractivity contribution < 1.29 is 14.3 Å². The fraction of sp³-hybridized carbons (Fsp3) is 0.316. The molecule has 0 atom stereocenters. The molecule has 0 saturated heterocycles. The third-order valence-electron chi connectivity index (χ3n) is 3.69. The van der Waals surface area contributed by atoms with Gasteiger partial charge in [-0.3, -0.25) is 4.79 Å². The number of hydrogen-bond donors (Lipinski definition) is 2. The number of hydrogen-bond acceptors (Lipinski definition) is 4. The molecular weight excluding hydrogens is 340 g/mol. The third-order valence-corrected chi connectivity index (χ3v) is 3.98. The van der Waals surface area contributed by atoms with Gasteiger partial charge in [-0.05, 0) is 12.5 Å². The van der Waals surface area contributed by atoms with E-state index in [1.54, 1.807) is 12.1 Å². The molecule has 0 aliphatic heterocycles. The molecule has 0 unspecified atom stereocenters. The maximum absolute atomic E-state index is 12.2. The lowest BCUT2D eigenvalue weighted by Crippen LogP contribution is -2.21. The largest absolute Gasteiger partial charge is 0.495 e. The highest BCUT2D eigenvalue weighted by Gasteiger charge is 2.12. The average molecular weight is 363 g/mol. The van der Waals surface area contributed by atoms with Crippen LogP contribution < -0.4 is 20.1 Å². The molecule has 0 fully saturated rings. The van der Waals surface area contributed by atoms with Gasteiger partial charge in [0.15, 0.2) is 0 Å². The van der Waals surface area contributed by atoms with Crippen LogP contribution in [-0.4, -0.2) is 26.7 Å². The first-order valence-electron chi connectivity index (χ1n) is 8.01. The Morgan fingerprint density at radius 3 is 2.56 bits per heavy atom. The highest BCUT2D eigenvalue weighted by atomic mass is 35.5. The van der Waals surface area contributed by atoms with Crippen molar-refractivity contribution in [1.82, 2.24) is 5.32 Å². The van der Waals surface area contributed by atoms with Gasteiger partial charge in [-0.15, -0.1) is 0 Å². The smallest absolute Gasteiger partial charge is 0.225 e. The van der Waals surface area contributed by atoms with Crippen LogP contribution in [0, 0.1) is 6.92 Å². The first-order chi connectivity index (χ1) is 12.0. The number of ether oxygens (including phenoxy) is 2. The molecule has 1 amide bonds. The Kier molecular flexibility index (Phi) is 7.10. The summed E-state index contributed by atoms with van der Waals surface area (Å²) in [6.07, 6.45) is 0.347. The molecule has 2 rings (SSSR count). The van der Waals surface area contributed by atoms with Gasteiger partial charge >= 0.3 is 0 Å². The molecule has 0 heterocycles. The molecule has 2 aromatic rings. The molecule has 0 saturated carbocycles. The Labute approximate surface area is 153 Å². The highest BCUT2D eigenvalue weighted by Crippen LogP contribution is 2.35. The minimum atomic E-state index is -0.112. The molecular formula is C19H23ClN2O3. The van der Waals surface area contributed by atoms with Crippen LogP contribution in [0.3, 0.4) is 0 Å². The van der Waals surface area contributed by atoms with E-state index in [2.05, 4.69) is 35.8 Å². The van der Waals surface area contributed by atoms with Crippen molar-refractivity contribution in [3.8, 4) is 11.5 Å². The van der Waals surface area contributed by atoms with Crippen LogP contribution in [0.15, 0.2) is 36.4 Å². The summed E-state index contributed by atoms with van der Waals surface area (Å²) < 4.78 is 10.4. The molecule has 0 aliphatic rings. The van der Waals surface area contributed by atoms with E-state index >= 15 is 0 Å². The van der Waals surface area contributed by atoms with E-state index < -0.39 is 0 Å². The first-order valence-corrected chi connectivity index (χ1v) is 8.39. The van der Waals surface area contributed by atoms with Crippen molar-refractivity contribution in [2.24, 2.45) is 0 Å².